The maximum atomic E-state index is 12.9. The van der Waals surface area contributed by atoms with Crippen molar-refractivity contribution >= 4 is 17.7 Å². The van der Waals surface area contributed by atoms with Crippen molar-refractivity contribution in [3.8, 4) is 5.75 Å². The average Bonchev–Trinajstić information content (AvgIpc) is 3.10. The van der Waals surface area contributed by atoms with Crippen LogP contribution in [0.4, 0.5) is 0 Å². The molecule has 2 heterocycles. The number of hydrogen-bond donors (Lipinski definition) is 1. The summed E-state index contributed by atoms with van der Waals surface area (Å²) in [4.78, 5) is 40.3. The van der Waals surface area contributed by atoms with E-state index in [1.54, 1.807) is 9.80 Å². The molecule has 0 aromatic heterocycles. The number of carbonyl (C=O) groups is 3. The molecule has 1 unspecified atom stereocenters. The van der Waals surface area contributed by atoms with Crippen molar-refractivity contribution in [3.05, 3.63) is 28.8 Å². The van der Waals surface area contributed by atoms with Crippen molar-refractivity contribution in [2.75, 3.05) is 32.8 Å². The summed E-state index contributed by atoms with van der Waals surface area (Å²) in [5, 5.41) is 2.72. The summed E-state index contributed by atoms with van der Waals surface area (Å²) < 4.78 is 5.60. The highest BCUT2D eigenvalue weighted by molar-refractivity contribution is 5.96. The van der Waals surface area contributed by atoms with Crippen LogP contribution in [-0.2, 0) is 9.59 Å². The van der Waals surface area contributed by atoms with E-state index in [1.165, 1.54) is 0 Å². The molecule has 1 aromatic carbocycles. The summed E-state index contributed by atoms with van der Waals surface area (Å²) >= 11 is 0. The van der Waals surface area contributed by atoms with Crippen LogP contribution in [-0.4, -0.2) is 66.3 Å². The summed E-state index contributed by atoms with van der Waals surface area (Å²) in [6.45, 7) is 8.36. The van der Waals surface area contributed by atoms with Gasteiger partial charge in [-0.3, -0.25) is 14.4 Å². The first-order chi connectivity index (χ1) is 12.9. The number of rotatable bonds is 4. The van der Waals surface area contributed by atoms with Gasteiger partial charge in [-0.25, -0.2) is 0 Å². The minimum atomic E-state index is -0.407. The van der Waals surface area contributed by atoms with Crippen LogP contribution in [0, 0.1) is 13.8 Å². The van der Waals surface area contributed by atoms with Gasteiger partial charge in [-0.15, -0.1) is 0 Å². The number of nitrogens with one attached hydrogen (secondary N) is 1. The summed E-state index contributed by atoms with van der Waals surface area (Å²) in [5.74, 6) is 0.685. The van der Waals surface area contributed by atoms with E-state index < -0.39 is 6.04 Å². The maximum absolute atomic E-state index is 12.9. The second kappa shape index (κ2) is 7.98. The topological polar surface area (TPSA) is 79.0 Å². The third kappa shape index (κ3) is 4.07. The smallest absolute Gasteiger partial charge is 0.254 e. The highest BCUT2D eigenvalue weighted by Gasteiger charge is 2.33. The van der Waals surface area contributed by atoms with Crippen molar-refractivity contribution in [3.63, 3.8) is 0 Å². The van der Waals surface area contributed by atoms with E-state index in [0.29, 0.717) is 51.2 Å². The van der Waals surface area contributed by atoms with Crippen LogP contribution >= 0.6 is 0 Å². The molecule has 0 aliphatic carbocycles. The Bertz CT molecular complexity index is 754. The summed E-state index contributed by atoms with van der Waals surface area (Å²) in [5.41, 5.74) is 2.51. The molecule has 3 rings (SSSR count). The quantitative estimate of drug-likeness (QED) is 0.862. The second-order valence-electron chi connectivity index (χ2n) is 7.14. The van der Waals surface area contributed by atoms with Crippen molar-refractivity contribution in [2.24, 2.45) is 0 Å². The number of amides is 3. The van der Waals surface area contributed by atoms with Crippen LogP contribution in [0.25, 0.3) is 0 Å². The van der Waals surface area contributed by atoms with E-state index in [2.05, 4.69) is 5.32 Å². The van der Waals surface area contributed by atoms with Crippen molar-refractivity contribution < 1.29 is 19.1 Å². The van der Waals surface area contributed by atoms with E-state index in [-0.39, 0.29) is 17.7 Å². The van der Waals surface area contributed by atoms with E-state index in [9.17, 15) is 14.4 Å². The molecule has 27 heavy (non-hydrogen) atoms. The van der Waals surface area contributed by atoms with Gasteiger partial charge >= 0.3 is 0 Å². The van der Waals surface area contributed by atoms with Gasteiger partial charge in [-0.1, -0.05) is 0 Å². The molecule has 0 radical (unpaired) electrons. The molecule has 2 aliphatic rings. The standard InChI is InChI=1S/C20H27N3O4/c1-4-27-17-12-13(2)15(11-14(17)3)19(25)22-7-9-23(10-8-22)20(26)16-5-6-18(24)21-16/h11-12,16H,4-10H2,1-3H3,(H,21,24). The Labute approximate surface area is 159 Å². The molecule has 1 atom stereocenters. The zero-order chi connectivity index (χ0) is 19.6. The summed E-state index contributed by atoms with van der Waals surface area (Å²) in [6, 6.07) is 3.39. The van der Waals surface area contributed by atoms with E-state index in [0.717, 1.165) is 16.9 Å². The normalized spacial score (nSPS) is 19.8. The molecule has 1 N–H and O–H groups in total. The number of aryl methyl sites for hydroxylation is 2. The van der Waals surface area contributed by atoms with Crippen LogP contribution in [0.15, 0.2) is 12.1 Å². The fourth-order valence-electron chi connectivity index (χ4n) is 3.65. The van der Waals surface area contributed by atoms with Gasteiger partial charge in [-0.05, 0) is 50.5 Å². The first-order valence-corrected chi connectivity index (χ1v) is 9.52. The molecule has 7 heteroatoms. The highest BCUT2D eigenvalue weighted by Crippen LogP contribution is 2.24. The molecule has 1 aromatic rings. The Balaban J connectivity index is 1.62. The average molecular weight is 373 g/mol. The predicted molar refractivity (Wildman–Crippen MR) is 101 cm³/mol. The summed E-state index contributed by atoms with van der Waals surface area (Å²) in [7, 11) is 0. The van der Waals surface area contributed by atoms with Crippen molar-refractivity contribution in [1.29, 1.82) is 0 Å². The van der Waals surface area contributed by atoms with Crippen LogP contribution in [0.1, 0.15) is 41.3 Å². The van der Waals surface area contributed by atoms with Crippen LogP contribution in [0.2, 0.25) is 0 Å². The number of ether oxygens (including phenoxy) is 1. The number of nitrogens with zero attached hydrogens (tertiary/aromatic N) is 2. The first-order valence-electron chi connectivity index (χ1n) is 9.52. The Morgan fingerprint density at radius 1 is 1.11 bits per heavy atom. The number of benzene rings is 1. The molecular formula is C20H27N3O4. The lowest BCUT2D eigenvalue weighted by molar-refractivity contribution is -0.135. The van der Waals surface area contributed by atoms with Crippen molar-refractivity contribution in [1.82, 2.24) is 15.1 Å². The third-order valence-corrected chi connectivity index (χ3v) is 5.22. The van der Waals surface area contributed by atoms with E-state index in [4.69, 9.17) is 4.74 Å². The fourth-order valence-corrected chi connectivity index (χ4v) is 3.65. The van der Waals surface area contributed by atoms with E-state index in [1.807, 2.05) is 32.9 Å². The SMILES string of the molecule is CCOc1cc(C)c(C(=O)N2CCN(C(=O)C3CCC(=O)N3)CC2)cc1C. The van der Waals surface area contributed by atoms with Gasteiger partial charge in [-0.2, -0.15) is 0 Å². The molecule has 146 valence electrons. The van der Waals surface area contributed by atoms with Crippen LogP contribution in [0.5, 0.6) is 5.75 Å². The third-order valence-electron chi connectivity index (χ3n) is 5.22. The minimum absolute atomic E-state index is 0.0140. The monoisotopic (exact) mass is 373 g/mol. The Morgan fingerprint density at radius 3 is 2.37 bits per heavy atom. The zero-order valence-electron chi connectivity index (χ0n) is 16.2. The lowest BCUT2D eigenvalue weighted by Crippen LogP contribution is -2.54. The lowest BCUT2D eigenvalue weighted by atomic mass is 10.0. The Morgan fingerprint density at radius 2 is 1.78 bits per heavy atom. The van der Waals surface area contributed by atoms with Crippen LogP contribution in [0.3, 0.4) is 0 Å². The molecule has 0 bridgehead atoms. The van der Waals surface area contributed by atoms with Crippen molar-refractivity contribution in [2.45, 2.75) is 39.7 Å². The van der Waals surface area contributed by atoms with Gasteiger partial charge in [0.1, 0.15) is 11.8 Å². The van der Waals surface area contributed by atoms with E-state index >= 15 is 0 Å². The lowest BCUT2D eigenvalue weighted by Gasteiger charge is -2.36. The summed E-state index contributed by atoms with van der Waals surface area (Å²) in [6.07, 6.45) is 0.965. The van der Waals surface area contributed by atoms with Gasteiger partial charge in [0.25, 0.3) is 5.91 Å². The number of hydrogen-bond acceptors (Lipinski definition) is 4. The van der Waals surface area contributed by atoms with Gasteiger partial charge < -0.3 is 19.9 Å². The minimum Gasteiger partial charge on any atom is -0.494 e. The largest absolute Gasteiger partial charge is 0.494 e. The second-order valence-corrected chi connectivity index (χ2v) is 7.14. The molecule has 0 spiro atoms. The number of piperazine rings is 1. The molecule has 3 amide bonds. The Hall–Kier alpha value is -2.57. The van der Waals surface area contributed by atoms with Gasteiger partial charge in [0.15, 0.2) is 0 Å². The first kappa shape index (κ1) is 19.2. The van der Waals surface area contributed by atoms with Crippen LogP contribution < -0.4 is 10.1 Å². The van der Waals surface area contributed by atoms with Gasteiger partial charge in [0, 0.05) is 38.2 Å². The molecule has 2 fully saturated rings. The maximum Gasteiger partial charge on any atom is 0.254 e. The fraction of sp³-hybridized carbons (Fsp3) is 0.550. The predicted octanol–water partition coefficient (Wildman–Crippen LogP) is 1.27. The zero-order valence-corrected chi connectivity index (χ0v) is 16.2. The van der Waals surface area contributed by atoms with Gasteiger partial charge in [0.2, 0.25) is 11.8 Å². The highest BCUT2D eigenvalue weighted by atomic mass is 16.5. The molecule has 2 saturated heterocycles. The molecule has 2 aliphatic heterocycles. The molecular weight excluding hydrogens is 346 g/mol. The molecule has 7 nitrogen and oxygen atoms in total. The van der Waals surface area contributed by atoms with Gasteiger partial charge in [0.05, 0.1) is 6.61 Å². The Kier molecular flexibility index (Phi) is 5.68. The molecule has 0 saturated carbocycles. The number of carbonyl (C=O) groups excluding carboxylic acids is 3.